The standard InChI is InChI=1S/2C17H14Cl.C2H6Si.2ClH.Zr/c2*1-2-12-10-13-6-5-8-14(16(13)11-12)15-7-3-4-9-17(15)18;1-3-2;;;/h2*3-11H,2H2,1H3;1-2H3;2*1H;/q2*-1;;;;+4/p-2. The molecule has 0 fully saturated rings. The first-order chi connectivity index (χ1) is 20.4. The fraction of sp³-hybridized carbons (Fsp3) is 0.167. The molecule has 0 atom stereocenters. The van der Waals surface area contributed by atoms with Crippen LogP contribution in [0.4, 0.5) is 0 Å². The Balaban J connectivity index is 0.000000195. The third kappa shape index (κ3) is 9.18. The molecule has 6 aromatic rings. The van der Waals surface area contributed by atoms with Crippen LogP contribution in [-0.4, -0.2) is 9.52 Å². The average Bonchev–Trinajstić information content (AvgIpc) is 3.63. The fourth-order valence-corrected chi connectivity index (χ4v) is 5.31. The van der Waals surface area contributed by atoms with Crippen LogP contribution in [0, 0.1) is 0 Å². The molecule has 0 amide bonds. The van der Waals surface area contributed by atoms with E-state index in [1.54, 1.807) is 0 Å². The summed E-state index contributed by atoms with van der Waals surface area (Å²) in [5, 5.41) is 6.80. The Labute approximate surface area is 282 Å². The van der Waals surface area contributed by atoms with Gasteiger partial charge in [-0.2, -0.15) is 12.1 Å². The molecule has 0 saturated carbocycles. The molecule has 0 nitrogen and oxygen atoms in total. The Morgan fingerprint density at radius 1 is 0.571 bits per heavy atom. The van der Waals surface area contributed by atoms with E-state index in [-0.39, 0.29) is 0 Å². The van der Waals surface area contributed by atoms with E-state index >= 15 is 0 Å². The summed E-state index contributed by atoms with van der Waals surface area (Å²) >= 11 is 11.8. The van der Waals surface area contributed by atoms with Gasteiger partial charge in [0, 0.05) is 19.6 Å². The van der Waals surface area contributed by atoms with Gasteiger partial charge in [-0.15, -0.1) is 69.1 Å². The van der Waals surface area contributed by atoms with Crippen molar-refractivity contribution >= 4 is 71.3 Å². The van der Waals surface area contributed by atoms with Crippen molar-refractivity contribution in [1.82, 2.24) is 0 Å². The van der Waals surface area contributed by atoms with E-state index in [2.05, 4.69) is 99.7 Å². The van der Waals surface area contributed by atoms with Crippen LogP contribution in [0.1, 0.15) is 25.0 Å². The molecule has 6 rings (SSSR count). The summed E-state index contributed by atoms with van der Waals surface area (Å²) < 4.78 is 0. The third-order valence-corrected chi connectivity index (χ3v) is 7.42. The summed E-state index contributed by atoms with van der Waals surface area (Å²) in [4.78, 5) is 0. The molecule has 0 aliphatic carbocycles. The number of hydrogen-bond donors (Lipinski definition) is 0. The summed E-state index contributed by atoms with van der Waals surface area (Å²) in [7, 11) is 11.0. The van der Waals surface area contributed by atoms with Gasteiger partial charge in [0.25, 0.3) is 0 Å². The van der Waals surface area contributed by atoms with Crippen LogP contribution in [0.5, 0.6) is 0 Å². The second kappa shape index (κ2) is 18.2. The van der Waals surface area contributed by atoms with Crippen molar-refractivity contribution in [3.05, 3.63) is 130 Å². The van der Waals surface area contributed by atoms with Crippen LogP contribution in [0.15, 0.2) is 109 Å². The molecule has 0 unspecified atom stereocenters. The first kappa shape index (κ1) is 34.8. The van der Waals surface area contributed by atoms with E-state index in [0.29, 0.717) is 0 Å². The van der Waals surface area contributed by atoms with Crippen LogP contribution >= 0.6 is 40.2 Å². The van der Waals surface area contributed by atoms with Crippen molar-refractivity contribution in [2.75, 3.05) is 0 Å². The van der Waals surface area contributed by atoms with Crippen LogP contribution in [0.25, 0.3) is 43.8 Å². The van der Waals surface area contributed by atoms with Gasteiger partial charge >= 0.3 is 37.9 Å². The molecule has 0 heterocycles. The molecule has 0 aliphatic heterocycles. The van der Waals surface area contributed by atoms with Gasteiger partial charge in [0.15, 0.2) is 0 Å². The molecular weight excluding hydrogens is 694 g/mol. The van der Waals surface area contributed by atoms with Crippen molar-refractivity contribution in [1.29, 1.82) is 0 Å². The van der Waals surface area contributed by atoms with Gasteiger partial charge in [0.2, 0.25) is 0 Å². The summed E-state index contributed by atoms with van der Waals surface area (Å²) in [6.45, 7) is 8.67. The molecule has 0 bridgehead atoms. The molecule has 42 heavy (non-hydrogen) atoms. The van der Waals surface area contributed by atoms with E-state index in [1.807, 2.05) is 36.4 Å². The Morgan fingerprint density at radius 2 is 0.905 bits per heavy atom. The summed E-state index contributed by atoms with van der Waals surface area (Å²) in [6.07, 6.45) is 2.13. The van der Waals surface area contributed by atoms with E-state index in [4.69, 9.17) is 40.2 Å². The number of benzene rings is 4. The maximum atomic E-state index is 6.30. The second-order valence-electron chi connectivity index (χ2n) is 9.58. The molecule has 6 heteroatoms. The van der Waals surface area contributed by atoms with Gasteiger partial charge in [-0.3, -0.25) is 0 Å². The summed E-state index contributed by atoms with van der Waals surface area (Å²) in [6, 6.07) is 37.9. The minimum absolute atomic E-state index is 0.809. The van der Waals surface area contributed by atoms with Crippen LogP contribution in [-0.2, 0) is 33.7 Å². The van der Waals surface area contributed by atoms with E-state index in [0.717, 1.165) is 43.5 Å². The molecule has 0 aromatic heterocycles. The van der Waals surface area contributed by atoms with E-state index in [9.17, 15) is 0 Å². The van der Waals surface area contributed by atoms with Crippen LogP contribution in [0.3, 0.4) is 0 Å². The number of rotatable bonds is 4. The third-order valence-electron chi connectivity index (χ3n) is 6.77. The van der Waals surface area contributed by atoms with Gasteiger partial charge in [-0.05, 0) is 36.1 Å². The summed E-state index contributed by atoms with van der Waals surface area (Å²) in [5.74, 6) is 0. The first-order valence-electron chi connectivity index (χ1n) is 13.8. The van der Waals surface area contributed by atoms with Crippen molar-refractivity contribution in [2.45, 2.75) is 39.8 Å². The molecule has 0 N–H and O–H groups in total. The Hall–Kier alpha value is -1.64. The number of aryl methyl sites for hydroxylation is 2. The number of halogens is 4. The van der Waals surface area contributed by atoms with Gasteiger partial charge in [-0.1, -0.05) is 110 Å². The topological polar surface area (TPSA) is 0 Å². The molecule has 0 spiro atoms. The van der Waals surface area contributed by atoms with Gasteiger partial charge in [0.1, 0.15) is 0 Å². The van der Waals surface area contributed by atoms with Gasteiger partial charge < -0.3 is 0 Å². The predicted octanol–water partition coefficient (Wildman–Crippen LogP) is 13.0. The van der Waals surface area contributed by atoms with Crippen LogP contribution in [0.2, 0.25) is 23.1 Å². The normalized spacial score (nSPS) is 10.1. The van der Waals surface area contributed by atoms with Crippen molar-refractivity contribution < 1.29 is 20.8 Å². The molecule has 0 saturated heterocycles. The quantitative estimate of drug-likeness (QED) is 0.125. The minimum atomic E-state index is -0.826. The Kier molecular flexibility index (Phi) is 15.1. The zero-order chi connectivity index (χ0) is 30.5. The second-order valence-corrected chi connectivity index (χ2v) is 15.1. The van der Waals surface area contributed by atoms with Crippen molar-refractivity contribution in [3.63, 3.8) is 0 Å². The predicted molar refractivity (Wildman–Crippen MR) is 188 cm³/mol. The van der Waals surface area contributed by atoms with Crippen molar-refractivity contribution in [3.8, 4) is 22.3 Å². The molecule has 6 aromatic carbocycles. The molecule has 214 valence electrons. The monoisotopic (exact) mass is 724 g/mol. The Morgan fingerprint density at radius 3 is 1.24 bits per heavy atom. The van der Waals surface area contributed by atoms with Crippen LogP contribution < -0.4 is 0 Å². The average molecular weight is 728 g/mol. The number of hydrogen-bond acceptors (Lipinski definition) is 0. The number of fused-ring (bicyclic) bond motifs is 2. The van der Waals surface area contributed by atoms with E-state index < -0.39 is 20.8 Å². The molecule has 2 radical (unpaired) electrons. The van der Waals surface area contributed by atoms with E-state index in [1.165, 1.54) is 43.8 Å². The van der Waals surface area contributed by atoms with Gasteiger partial charge in [0.05, 0.1) is 0 Å². The first-order valence-corrected chi connectivity index (χ1v) is 22.9. The zero-order valence-corrected chi connectivity index (χ0v) is 30.8. The molecule has 0 aliphatic rings. The maximum absolute atomic E-state index is 6.30. The molecular formula is C36H34Cl4SiZr. The van der Waals surface area contributed by atoms with Crippen molar-refractivity contribution in [2.24, 2.45) is 0 Å². The van der Waals surface area contributed by atoms with Gasteiger partial charge in [-0.25, -0.2) is 0 Å². The summed E-state index contributed by atoms with van der Waals surface area (Å²) in [5.41, 5.74) is 7.42. The SMILES string of the molecule is CCc1cc2c(-c3ccccc3Cl)cccc2[cH-]1.CCc1cc2c(-c3ccccc3Cl)cccc2[cH-]1.C[Si]C.[Cl][Zr+2][Cl]. The Bertz CT molecular complexity index is 1560. The zero-order valence-electron chi connectivity index (χ0n) is 24.3. The fourth-order valence-electron chi connectivity index (χ4n) is 4.83.